The van der Waals surface area contributed by atoms with Gasteiger partial charge in [0.25, 0.3) is 0 Å². The van der Waals surface area contributed by atoms with Crippen molar-refractivity contribution in [3.05, 3.63) is 29.8 Å². The number of hydrogen-bond acceptors (Lipinski definition) is 6. The van der Waals surface area contributed by atoms with Gasteiger partial charge in [-0.2, -0.15) is 13.2 Å². The van der Waals surface area contributed by atoms with Gasteiger partial charge < -0.3 is 24.2 Å². The summed E-state index contributed by atoms with van der Waals surface area (Å²) in [4.78, 5) is 25.4. The fraction of sp³-hybridized carbons (Fsp3) is 0.652. The number of halogens is 3. The minimum absolute atomic E-state index is 0.0987. The highest BCUT2D eigenvalue weighted by Crippen LogP contribution is 2.36. The fourth-order valence-corrected chi connectivity index (χ4v) is 4.50. The fourth-order valence-electron chi connectivity index (χ4n) is 4.50. The molecule has 11 heteroatoms. The van der Waals surface area contributed by atoms with Gasteiger partial charge in [-0.3, -0.25) is 9.69 Å². The Kier molecular flexibility index (Phi) is 8.78. The predicted molar refractivity (Wildman–Crippen MR) is 115 cm³/mol. The highest BCUT2D eigenvalue weighted by molar-refractivity contribution is 5.77. The maximum atomic E-state index is 12.2. The van der Waals surface area contributed by atoms with Crippen LogP contribution in [0.5, 0.6) is 5.75 Å². The van der Waals surface area contributed by atoms with Crippen LogP contribution in [-0.2, 0) is 25.6 Å². The third-order valence-corrected chi connectivity index (χ3v) is 6.16. The Labute approximate surface area is 196 Å². The molecule has 0 radical (unpaired) electrons. The zero-order valence-corrected chi connectivity index (χ0v) is 19.2. The van der Waals surface area contributed by atoms with Crippen molar-refractivity contribution in [3.8, 4) is 5.75 Å². The van der Waals surface area contributed by atoms with Crippen molar-refractivity contribution in [2.45, 2.75) is 50.1 Å². The molecule has 1 N–H and O–H groups in total. The number of amides is 1. The van der Waals surface area contributed by atoms with Gasteiger partial charge in [-0.05, 0) is 37.0 Å². The highest BCUT2D eigenvalue weighted by atomic mass is 19.4. The first-order chi connectivity index (χ1) is 16.1. The summed E-state index contributed by atoms with van der Waals surface area (Å²) in [6.45, 7) is 5.46. The number of benzene rings is 1. The lowest BCUT2D eigenvalue weighted by Crippen LogP contribution is -2.65. The summed E-state index contributed by atoms with van der Waals surface area (Å²) in [5, 5.41) is 7.12. The van der Waals surface area contributed by atoms with Crippen LogP contribution in [0.1, 0.15) is 31.2 Å². The van der Waals surface area contributed by atoms with Crippen LogP contribution in [0.3, 0.4) is 0 Å². The zero-order valence-electron chi connectivity index (χ0n) is 19.2. The second kappa shape index (κ2) is 11.4. The van der Waals surface area contributed by atoms with Crippen LogP contribution in [0.4, 0.5) is 13.2 Å². The number of likely N-dealkylation sites (tertiary alicyclic amines) is 2. The van der Waals surface area contributed by atoms with Crippen LogP contribution in [0.2, 0.25) is 0 Å². The molecule has 0 aliphatic carbocycles. The quantitative estimate of drug-likeness (QED) is 0.659. The molecule has 0 bridgehead atoms. The average molecular weight is 489 g/mol. The summed E-state index contributed by atoms with van der Waals surface area (Å²) in [6.07, 6.45) is -0.950. The third-order valence-electron chi connectivity index (χ3n) is 6.16. The molecule has 3 saturated heterocycles. The van der Waals surface area contributed by atoms with E-state index in [4.69, 9.17) is 24.1 Å². The first kappa shape index (κ1) is 26.2. The Bertz CT molecular complexity index is 838. The Balaban J connectivity index is 0.000000406. The number of carbonyl (C=O) groups is 2. The van der Waals surface area contributed by atoms with E-state index >= 15 is 0 Å². The molecule has 190 valence electrons. The lowest BCUT2D eigenvalue weighted by Gasteiger charge is -2.53. The van der Waals surface area contributed by atoms with E-state index in [0.717, 1.165) is 70.8 Å². The molecule has 1 unspecified atom stereocenters. The van der Waals surface area contributed by atoms with Gasteiger partial charge in [0, 0.05) is 45.8 Å². The van der Waals surface area contributed by atoms with E-state index in [1.54, 1.807) is 7.11 Å². The van der Waals surface area contributed by atoms with Crippen molar-refractivity contribution in [1.29, 1.82) is 0 Å². The molecule has 3 fully saturated rings. The monoisotopic (exact) mass is 488 g/mol. The zero-order chi connectivity index (χ0) is 24.8. The van der Waals surface area contributed by atoms with Crippen LogP contribution < -0.4 is 4.74 Å². The van der Waals surface area contributed by atoms with Crippen LogP contribution in [-0.4, -0.2) is 91.2 Å². The van der Waals surface area contributed by atoms with Crippen molar-refractivity contribution in [1.82, 2.24) is 9.80 Å². The van der Waals surface area contributed by atoms with Gasteiger partial charge >= 0.3 is 12.1 Å². The van der Waals surface area contributed by atoms with E-state index in [9.17, 15) is 18.0 Å². The smallest absolute Gasteiger partial charge is 0.490 e. The Hall–Kier alpha value is -2.37. The van der Waals surface area contributed by atoms with Crippen molar-refractivity contribution in [2.75, 3.05) is 46.5 Å². The standard InChI is InChI=1S/C21H30N2O4.C2HF3O2/c1-25-18-6-4-5-17(11-18)13-22-15-21(16-22)12-19(7-10-27-21)26-14-20(24)23-8-2-3-9-23;3-2(4,5)1(6)7/h4-6,11,19H,2-3,7-10,12-16H2,1H3;(H,6,7). The molecule has 1 aromatic carbocycles. The number of methoxy groups -OCH3 is 1. The van der Waals surface area contributed by atoms with E-state index in [2.05, 4.69) is 17.0 Å². The molecule has 0 aromatic heterocycles. The SMILES string of the molecule is COc1cccc(CN2CC3(CC(OCC(=O)N4CCCC4)CCO3)C2)c1.O=C(O)C(F)(F)F. The van der Waals surface area contributed by atoms with E-state index in [0.29, 0.717) is 0 Å². The van der Waals surface area contributed by atoms with E-state index in [1.807, 2.05) is 17.0 Å². The summed E-state index contributed by atoms with van der Waals surface area (Å²) < 4.78 is 49.1. The van der Waals surface area contributed by atoms with Gasteiger partial charge in [-0.1, -0.05) is 12.1 Å². The normalized spacial score (nSPS) is 22.0. The van der Waals surface area contributed by atoms with E-state index < -0.39 is 12.1 Å². The molecule has 4 rings (SSSR count). The lowest BCUT2D eigenvalue weighted by molar-refractivity contribution is -0.200. The molecule has 34 heavy (non-hydrogen) atoms. The number of hydrogen-bond donors (Lipinski definition) is 1. The minimum Gasteiger partial charge on any atom is -0.497 e. The van der Waals surface area contributed by atoms with Crippen LogP contribution >= 0.6 is 0 Å². The first-order valence-electron chi connectivity index (χ1n) is 11.3. The number of alkyl halides is 3. The number of carboxylic acid groups (broad SMARTS) is 1. The molecular formula is C23H31F3N2O6. The molecule has 3 heterocycles. The summed E-state index contributed by atoms with van der Waals surface area (Å²) in [6, 6.07) is 8.21. The number of carboxylic acids is 1. The van der Waals surface area contributed by atoms with Crippen molar-refractivity contribution < 1.29 is 42.1 Å². The van der Waals surface area contributed by atoms with Gasteiger partial charge in [-0.15, -0.1) is 0 Å². The third kappa shape index (κ3) is 7.31. The summed E-state index contributed by atoms with van der Waals surface area (Å²) in [5.41, 5.74) is 1.15. The number of carbonyl (C=O) groups excluding carboxylic acids is 1. The summed E-state index contributed by atoms with van der Waals surface area (Å²) >= 11 is 0. The largest absolute Gasteiger partial charge is 0.497 e. The molecule has 1 spiro atoms. The lowest BCUT2D eigenvalue weighted by atomic mass is 9.84. The topological polar surface area (TPSA) is 88.5 Å². The Morgan fingerprint density at radius 3 is 2.53 bits per heavy atom. The predicted octanol–water partition coefficient (Wildman–Crippen LogP) is 2.70. The number of nitrogens with zero attached hydrogens (tertiary/aromatic N) is 2. The molecular weight excluding hydrogens is 457 g/mol. The molecule has 0 saturated carbocycles. The molecule has 3 aliphatic rings. The van der Waals surface area contributed by atoms with Gasteiger partial charge in [0.1, 0.15) is 12.4 Å². The average Bonchev–Trinajstić information content (AvgIpc) is 3.32. The number of rotatable bonds is 6. The maximum Gasteiger partial charge on any atom is 0.490 e. The van der Waals surface area contributed by atoms with E-state index in [1.165, 1.54) is 5.56 Å². The molecule has 1 amide bonds. The summed E-state index contributed by atoms with van der Waals surface area (Å²) in [7, 11) is 1.70. The minimum atomic E-state index is -5.08. The van der Waals surface area contributed by atoms with Crippen LogP contribution in [0, 0.1) is 0 Å². The number of ether oxygens (including phenoxy) is 3. The van der Waals surface area contributed by atoms with Crippen molar-refractivity contribution in [3.63, 3.8) is 0 Å². The molecule has 3 aliphatic heterocycles. The van der Waals surface area contributed by atoms with Gasteiger partial charge in [0.15, 0.2) is 0 Å². The van der Waals surface area contributed by atoms with Crippen molar-refractivity contribution in [2.24, 2.45) is 0 Å². The van der Waals surface area contributed by atoms with Crippen LogP contribution in [0.25, 0.3) is 0 Å². The van der Waals surface area contributed by atoms with Gasteiger partial charge in [0.2, 0.25) is 5.91 Å². The summed E-state index contributed by atoms with van der Waals surface area (Å²) in [5.74, 6) is -1.72. The highest BCUT2D eigenvalue weighted by Gasteiger charge is 2.47. The number of aliphatic carboxylic acids is 1. The Morgan fingerprint density at radius 2 is 1.91 bits per heavy atom. The van der Waals surface area contributed by atoms with Gasteiger partial charge in [0.05, 0.1) is 18.8 Å². The maximum absolute atomic E-state index is 12.2. The van der Waals surface area contributed by atoms with Crippen LogP contribution in [0.15, 0.2) is 24.3 Å². The second-order valence-electron chi connectivity index (χ2n) is 8.84. The molecule has 8 nitrogen and oxygen atoms in total. The van der Waals surface area contributed by atoms with Gasteiger partial charge in [-0.25, -0.2) is 4.79 Å². The Morgan fingerprint density at radius 1 is 1.24 bits per heavy atom. The second-order valence-corrected chi connectivity index (χ2v) is 8.84. The van der Waals surface area contributed by atoms with Crippen molar-refractivity contribution >= 4 is 11.9 Å². The molecule has 1 atom stereocenters. The van der Waals surface area contributed by atoms with E-state index in [-0.39, 0.29) is 24.2 Å². The molecule has 1 aromatic rings. The first-order valence-corrected chi connectivity index (χ1v) is 11.3.